The van der Waals surface area contributed by atoms with Gasteiger partial charge in [0.2, 0.25) is 17.7 Å². The van der Waals surface area contributed by atoms with E-state index in [0.29, 0.717) is 46.9 Å². The standard InChI is InChI=1S/C53H55Cl2FN6O6/c1-52(2,3)25-43-53(28-58-40-24-33(54)18-19-37(40)53)45(35-13-8-14-38(55)46(35)56)47(60-43)50(66)59-39-20-17-31(23-42(39)68-4)48(64)57-26-32-10-6-5-9-29(32)15-16-30-11-7-12-34-36(30)27-62(51(34)67)41-21-22-44(63)61-49(41)65/h7-8,11-14,17-20,23-24,29,32,41,43,45,47,58,60H,5-6,9-10,21-22,25-28H2,1-4H3,(H,57,64)(H,59,66)(H,61,63,65)/t29-,32-,41?,43+,45+,47-,53+/m1/s1. The summed E-state index contributed by atoms with van der Waals surface area (Å²) in [5.74, 6) is 4.18. The third-order valence-electron chi connectivity index (χ3n) is 14.5. The molecule has 15 heteroatoms. The highest BCUT2D eigenvalue weighted by molar-refractivity contribution is 6.31. The van der Waals surface area contributed by atoms with Crippen LogP contribution in [-0.2, 0) is 26.3 Å². The highest BCUT2D eigenvalue weighted by Gasteiger charge is 2.61. The van der Waals surface area contributed by atoms with Crippen LogP contribution < -0.4 is 31.3 Å². The Bertz CT molecular complexity index is 2780. The van der Waals surface area contributed by atoms with Gasteiger partial charge in [0.25, 0.3) is 11.8 Å². The summed E-state index contributed by atoms with van der Waals surface area (Å²) in [7, 11) is 1.47. The van der Waals surface area contributed by atoms with Crippen LogP contribution in [0.2, 0.25) is 10.0 Å². The van der Waals surface area contributed by atoms with Crippen LogP contribution in [0.4, 0.5) is 15.8 Å². The Labute approximate surface area is 405 Å². The Kier molecular flexibility index (Phi) is 13.1. The molecule has 0 aromatic heterocycles. The molecule has 12 nitrogen and oxygen atoms in total. The first kappa shape index (κ1) is 47.1. The van der Waals surface area contributed by atoms with Crippen molar-refractivity contribution >= 4 is 64.1 Å². The average molecular weight is 962 g/mol. The number of rotatable bonds is 9. The van der Waals surface area contributed by atoms with Crippen LogP contribution in [-0.4, -0.2) is 72.8 Å². The highest BCUT2D eigenvalue weighted by atomic mass is 35.5. The lowest BCUT2D eigenvalue weighted by atomic mass is 9.63. The normalized spacial score (nSPS) is 25.2. The number of nitrogens with one attached hydrogen (secondary N) is 5. The summed E-state index contributed by atoms with van der Waals surface area (Å²) in [4.78, 5) is 67.9. The van der Waals surface area contributed by atoms with Gasteiger partial charge >= 0.3 is 0 Å². The van der Waals surface area contributed by atoms with Crippen molar-refractivity contribution in [2.24, 2.45) is 17.3 Å². The molecule has 354 valence electrons. The number of anilines is 2. The van der Waals surface area contributed by atoms with E-state index in [-0.39, 0.29) is 71.2 Å². The van der Waals surface area contributed by atoms with Gasteiger partial charge in [-0.25, -0.2) is 4.39 Å². The minimum atomic E-state index is -0.907. The number of benzene rings is 4. The van der Waals surface area contributed by atoms with E-state index >= 15 is 4.39 Å². The van der Waals surface area contributed by atoms with E-state index in [1.807, 2.05) is 24.3 Å². The Morgan fingerprint density at radius 3 is 2.56 bits per heavy atom. The summed E-state index contributed by atoms with van der Waals surface area (Å²) in [5.41, 5.74) is 3.89. The molecule has 3 fully saturated rings. The number of halogens is 3. The van der Waals surface area contributed by atoms with Crippen molar-refractivity contribution in [2.45, 2.75) is 102 Å². The van der Waals surface area contributed by atoms with Gasteiger partial charge in [0, 0.05) is 76.7 Å². The SMILES string of the molecule is COc1cc(C(=O)NC[C@H]2CCCC[C@@H]2C#Cc2cccc3c2CN(C2CCC(=O)NC2=O)C3=O)ccc1NC(=O)[C@@H]1N[C@@H](CC(C)(C)C)[C@@]2(CNc3cc(Cl)ccc32)[C@H]1c1cccc(Cl)c1F. The van der Waals surface area contributed by atoms with Crippen molar-refractivity contribution in [2.75, 3.05) is 30.8 Å². The van der Waals surface area contributed by atoms with Gasteiger partial charge < -0.3 is 30.9 Å². The van der Waals surface area contributed by atoms with Crippen LogP contribution in [0.15, 0.2) is 72.8 Å². The molecule has 4 aliphatic heterocycles. The molecule has 5 N–H and O–H groups in total. The third kappa shape index (κ3) is 8.94. The number of ether oxygens (including phenoxy) is 1. The predicted molar refractivity (Wildman–Crippen MR) is 259 cm³/mol. The van der Waals surface area contributed by atoms with E-state index in [0.717, 1.165) is 48.1 Å². The summed E-state index contributed by atoms with van der Waals surface area (Å²) in [6, 6.07) is 19.0. The Morgan fingerprint density at radius 1 is 0.985 bits per heavy atom. The topological polar surface area (TPSA) is 158 Å². The summed E-state index contributed by atoms with van der Waals surface area (Å²) in [6.07, 6.45) is 4.89. The highest BCUT2D eigenvalue weighted by Crippen LogP contribution is 2.57. The molecule has 7 atom stereocenters. The van der Waals surface area contributed by atoms with Crippen LogP contribution in [0.5, 0.6) is 5.75 Å². The molecule has 9 rings (SSSR count). The zero-order valence-corrected chi connectivity index (χ0v) is 40.0. The second kappa shape index (κ2) is 18.9. The summed E-state index contributed by atoms with van der Waals surface area (Å²) >= 11 is 12.9. The number of hydrogen-bond acceptors (Lipinski definition) is 8. The molecule has 4 aromatic carbocycles. The maximum absolute atomic E-state index is 16.3. The van der Waals surface area contributed by atoms with Gasteiger partial charge in [-0.15, -0.1) is 0 Å². The van der Waals surface area contributed by atoms with Crippen LogP contribution in [0, 0.1) is 34.9 Å². The molecule has 0 bridgehead atoms. The quantitative estimate of drug-likeness (QED) is 0.0828. The molecule has 4 aromatic rings. The van der Waals surface area contributed by atoms with E-state index in [2.05, 4.69) is 59.2 Å². The van der Waals surface area contributed by atoms with Crippen molar-refractivity contribution in [3.05, 3.63) is 122 Å². The molecule has 5 amide bonds. The first-order valence-corrected chi connectivity index (χ1v) is 24.1. The van der Waals surface area contributed by atoms with Crippen molar-refractivity contribution in [3.63, 3.8) is 0 Å². The number of amides is 5. The van der Waals surface area contributed by atoms with E-state index in [1.165, 1.54) is 18.1 Å². The number of hydrogen-bond donors (Lipinski definition) is 5. The van der Waals surface area contributed by atoms with Crippen molar-refractivity contribution in [1.29, 1.82) is 0 Å². The van der Waals surface area contributed by atoms with Gasteiger partial charge in [0.15, 0.2) is 0 Å². The molecule has 4 heterocycles. The smallest absolute Gasteiger partial charge is 0.255 e. The number of carbonyl (C=O) groups excluding carboxylic acids is 5. The van der Waals surface area contributed by atoms with Crippen molar-refractivity contribution in [1.82, 2.24) is 20.9 Å². The van der Waals surface area contributed by atoms with Crippen LogP contribution in [0.25, 0.3) is 0 Å². The second-order valence-electron chi connectivity index (χ2n) is 19.9. The first-order valence-electron chi connectivity index (χ1n) is 23.4. The van der Waals surface area contributed by atoms with E-state index < -0.39 is 41.0 Å². The zero-order valence-electron chi connectivity index (χ0n) is 38.5. The summed E-state index contributed by atoms with van der Waals surface area (Å²) < 4.78 is 22.1. The lowest BCUT2D eigenvalue weighted by Gasteiger charge is -2.39. The second-order valence-corrected chi connectivity index (χ2v) is 20.8. The number of methoxy groups -OCH3 is 1. The fourth-order valence-electron chi connectivity index (χ4n) is 11.3. The fourth-order valence-corrected chi connectivity index (χ4v) is 11.6. The first-order chi connectivity index (χ1) is 32.6. The summed E-state index contributed by atoms with van der Waals surface area (Å²) in [5, 5.41) is 16.3. The van der Waals surface area contributed by atoms with Gasteiger partial charge in [-0.1, -0.05) is 92.9 Å². The lowest BCUT2D eigenvalue weighted by Crippen LogP contribution is -2.52. The van der Waals surface area contributed by atoms with Crippen molar-refractivity contribution in [3.8, 4) is 17.6 Å². The predicted octanol–water partition coefficient (Wildman–Crippen LogP) is 8.35. The van der Waals surface area contributed by atoms with Gasteiger partial charge in [0.1, 0.15) is 17.6 Å². The maximum Gasteiger partial charge on any atom is 0.255 e. The number of nitrogens with zero attached hydrogens (tertiary/aromatic N) is 1. The minimum Gasteiger partial charge on any atom is -0.495 e. The number of fused-ring (bicyclic) bond motifs is 3. The molecule has 1 saturated carbocycles. The molecule has 5 aliphatic rings. The number of imide groups is 1. The zero-order chi connectivity index (χ0) is 48.1. The molecule has 1 spiro atoms. The molecular weight excluding hydrogens is 907 g/mol. The van der Waals surface area contributed by atoms with Gasteiger partial charge in [-0.05, 0) is 102 Å². The maximum atomic E-state index is 16.3. The van der Waals surface area contributed by atoms with Crippen molar-refractivity contribution < 1.29 is 33.1 Å². The van der Waals surface area contributed by atoms with E-state index in [4.69, 9.17) is 27.9 Å². The minimum absolute atomic E-state index is 0.00258. The average Bonchev–Trinajstić information content (AvgIpc) is 3.96. The van der Waals surface area contributed by atoms with Gasteiger partial charge in [-0.3, -0.25) is 29.3 Å². The lowest BCUT2D eigenvalue weighted by molar-refractivity contribution is -0.137. The Hall–Kier alpha value is -5.94. The summed E-state index contributed by atoms with van der Waals surface area (Å²) in [6.45, 7) is 7.49. The molecule has 68 heavy (non-hydrogen) atoms. The fraction of sp³-hybridized carbons (Fsp3) is 0.415. The molecule has 0 radical (unpaired) electrons. The molecule has 1 unspecified atom stereocenters. The molecular formula is C53H55Cl2FN6O6. The Morgan fingerprint density at radius 2 is 1.78 bits per heavy atom. The van der Waals surface area contributed by atoms with E-state index in [9.17, 15) is 24.0 Å². The van der Waals surface area contributed by atoms with Gasteiger partial charge in [0.05, 0.1) is 23.9 Å². The molecule has 1 aliphatic carbocycles. The largest absolute Gasteiger partial charge is 0.495 e. The monoisotopic (exact) mass is 960 g/mol. The number of carbonyl (C=O) groups is 5. The van der Waals surface area contributed by atoms with Crippen LogP contribution >= 0.6 is 23.2 Å². The van der Waals surface area contributed by atoms with Gasteiger partial charge in [-0.2, -0.15) is 0 Å². The van der Waals surface area contributed by atoms with E-state index in [1.54, 1.807) is 42.5 Å². The third-order valence-corrected chi connectivity index (χ3v) is 15.0. The van der Waals surface area contributed by atoms with Crippen LogP contribution in [0.3, 0.4) is 0 Å². The number of piperidine rings is 1. The Balaban J connectivity index is 0.912. The molecule has 2 saturated heterocycles. The van der Waals surface area contributed by atoms with Crippen LogP contribution in [0.1, 0.15) is 115 Å².